The fourth-order valence-electron chi connectivity index (χ4n) is 4.13. The monoisotopic (exact) mass is 442 g/mol. The minimum Gasteiger partial charge on any atom is -0.294 e. The van der Waals surface area contributed by atoms with Gasteiger partial charge >= 0.3 is 0 Å². The maximum Gasteiger partial charge on any atom is 0.169 e. The van der Waals surface area contributed by atoms with Crippen molar-refractivity contribution in [3.63, 3.8) is 0 Å². The third-order valence-electron chi connectivity index (χ3n) is 5.15. The molecule has 1 unspecified atom stereocenters. The van der Waals surface area contributed by atoms with Gasteiger partial charge in [-0.2, -0.15) is 0 Å². The van der Waals surface area contributed by atoms with E-state index in [1.54, 1.807) is 0 Å². The minimum absolute atomic E-state index is 0.0626. The van der Waals surface area contributed by atoms with Gasteiger partial charge in [-0.25, -0.2) is 0 Å². The number of rotatable bonds is 7. The molecule has 0 N–H and O–H groups in total. The third kappa shape index (κ3) is 4.35. The lowest BCUT2D eigenvalue weighted by Crippen LogP contribution is -2.45. The average molecular weight is 442 g/mol. The fraction of sp³-hybridized carbons (Fsp3) is 0.550. The molecule has 0 aliphatic carbocycles. The molecule has 0 heterocycles. The molecule has 128 valence electrons. The van der Waals surface area contributed by atoms with Crippen molar-refractivity contribution in [3.8, 4) is 0 Å². The maximum atomic E-state index is 12.7. The number of allylic oxidation sites excluding steroid dienone is 1. The Balaban J connectivity index is 3.20. The van der Waals surface area contributed by atoms with E-state index >= 15 is 0 Å². The van der Waals surface area contributed by atoms with Crippen LogP contribution in [0.15, 0.2) is 39.6 Å². The normalized spacial score (nSPS) is 14.7. The van der Waals surface area contributed by atoms with Crippen LogP contribution in [0.2, 0.25) is 16.6 Å². The van der Waals surface area contributed by atoms with Crippen molar-refractivity contribution in [2.75, 3.05) is 0 Å². The molecule has 0 aliphatic rings. The molecular formula is C20H31IOSi. The number of carbonyl (C=O) groups is 1. The van der Waals surface area contributed by atoms with Crippen molar-refractivity contribution in [2.45, 2.75) is 65.1 Å². The third-order valence-corrected chi connectivity index (χ3v) is 15.0. The Bertz CT molecular complexity index is 524. The van der Waals surface area contributed by atoms with Crippen LogP contribution >= 0.6 is 22.6 Å². The minimum atomic E-state index is -1.65. The number of hydrogen-bond donors (Lipinski definition) is 0. The number of ketones is 1. The van der Waals surface area contributed by atoms with E-state index in [2.05, 4.69) is 70.2 Å². The molecule has 0 saturated heterocycles. The molecule has 0 bridgehead atoms. The van der Waals surface area contributed by atoms with Gasteiger partial charge in [0.05, 0.1) is 0 Å². The summed E-state index contributed by atoms with van der Waals surface area (Å²) in [5.74, 6) is 0.159. The van der Waals surface area contributed by atoms with E-state index < -0.39 is 8.07 Å². The summed E-state index contributed by atoms with van der Waals surface area (Å²) in [6, 6.07) is 9.65. The molecule has 0 aliphatic heterocycles. The number of benzene rings is 1. The zero-order valence-corrected chi connectivity index (χ0v) is 18.7. The van der Waals surface area contributed by atoms with Gasteiger partial charge in [-0.05, 0) is 19.8 Å². The van der Waals surface area contributed by atoms with Crippen LogP contribution in [0.4, 0.5) is 0 Å². The van der Waals surface area contributed by atoms with Crippen LogP contribution in [0.3, 0.4) is 0 Å². The van der Waals surface area contributed by atoms with Gasteiger partial charge in [0.15, 0.2) is 5.78 Å². The molecule has 0 spiro atoms. The summed E-state index contributed by atoms with van der Waals surface area (Å²) in [6.07, 6.45) is 2.25. The van der Waals surface area contributed by atoms with E-state index in [1.807, 2.05) is 37.3 Å². The zero-order chi connectivity index (χ0) is 17.8. The zero-order valence-electron chi connectivity index (χ0n) is 15.6. The van der Waals surface area contributed by atoms with E-state index in [0.29, 0.717) is 16.6 Å². The van der Waals surface area contributed by atoms with Gasteiger partial charge in [-0.3, -0.25) is 4.79 Å². The van der Waals surface area contributed by atoms with Crippen LogP contribution in [0, 0.1) is 5.92 Å². The number of hydrogen-bond acceptors (Lipinski definition) is 1. The van der Waals surface area contributed by atoms with Crippen molar-refractivity contribution in [2.24, 2.45) is 5.92 Å². The van der Waals surface area contributed by atoms with Crippen LogP contribution in [0.25, 0.3) is 0 Å². The summed E-state index contributed by atoms with van der Waals surface area (Å²) < 4.78 is 1.46. The highest BCUT2D eigenvalue weighted by Crippen LogP contribution is 2.48. The highest BCUT2D eigenvalue weighted by molar-refractivity contribution is 14.1. The predicted octanol–water partition coefficient (Wildman–Crippen LogP) is 7.04. The Hall–Kier alpha value is -0.423. The smallest absolute Gasteiger partial charge is 0.169 e. The van der Waals surface area contributed by atoms with Gasteiger partial charge in [-0.1, -0.05) is 107 Å². The summed E-state index contributed by atoms with van der Waals surface area (Å²) in [7, 11) is -1.65. The summed E-state index contributed by atoms with van der Waals surface area (Å²) >= 11 is 2.54. The molecule has 23 heavy (non-hydrogen) atoms. The Morgan fingerprint density at radius 2 is 1.35 bits per heavy atom. The fourth-order valence-corrected chi connectivity index (χ4v) is 16.5. The maximum absolute atomic E-state index is 12.7. The highest BCUT2D eigenvalue weighted by atomic mass is 127. The van der Waals surface area contributed by atoms with Gasteiger partial charge < -0.3 is 0 Å². The van der Waals surface area contributed by atoms with Crippen LogP contribution < -0.4 is 0 Å². The quantitative estimate of drug-likeness (QED) is 0.251. The van der Waals surface area contributed by atoms with Crippen LogP contribution in [-0.4, -0.2) is 13.9 Å². The van der Waals surface area contributed by atoms with E-state index in [0.717, 1.165) is 5.56 Å². The van der Waals surface area contributed by atoms with Gasteiger partial charge in [0.1, 0.15) is 8.07 Å². The largest absolute Gasteiger partial charge is 0.294 e. The highest BCUT2D eigenvalue weighted by Gasteiger charge is 2.45. The van der Waals surface area contributed by atoms with Crippen molar-refractivity contribution < 1.29 is 4.79 Å². The van der Waals surface area contributed by atoms with Gasteiger partial charge in [0, 0.05) is 11.5 Å². The van der Waals surface area contributed by atoms with Crippen LogP contribution in [0.5, 0.6) is 0 Å². The van der Waals surface area contributed by atoms with Crippen LogP contribution in [-0.2, 0) is 0 Å². The standard InChI is InChI=1S/C20H31IOSi/c1-14(2)23(15(3)4,16(5)6)19(21)13-17(7)20(22)18-11-9-8-10-12-18/h8-17H,1-7H3/b19-13+. The van der Waals surface area contributed by atoms with Crippen molar-refractivity contribution in [3.05, 3.63) is 45.2 Å². The summed E-state index contributed by atoms with van der Waals surface area (Å²) in [5, 5.41) is 0. The van der Waals surface area contributed by atoms with E-state index in [-0.39, 0.29) is 11.7 Å². The molecule has 1 aromatic carbocycles. The molecule has 0 saturated carbocycles. The Morgan fingerprint density at radius 3 is 1.74 bits per heavy atom. The first-order chi connectivity index (χ1) is 10.7. The molecule has 1 atom stereocenters. The second-order valence-corrected chi connectivity index (χ2v) is 15.5. The Morgan fingerprint density at radius 1 is 0.913 bits per heavy atom. The van der Waals surface area contributed by atoms with Gasteiger partial charge in [0.25, 0.3) is 0 Å². The van der Waals surface area contributed by atoms with Crippen molar-refractivity contribution >= 4 is 36.4 Å². The van der Waals surface area contributed by atoms with E-state index in [4.69, 9.17) is 0 Å². The average Bonchev–Trinajstić information content (AvgIpc) is 2.46. The van der Waals surface area contributed by atoms with E-state index in [9.17, 15) is 4.79 Å². The first kappa shape index (κ1) is 20.6. The predicted molar refractivity (Wildman–Crippen MR) is 113 cm³/mol. The SMILES string of the molecule is CC(/C=C(\I)[Si](C(C)C)(C(C)C)C(C)C)C(=O)c1ccccc1. The summed E-state index contributed by atoms with van der Waals surface area (Å²) in [4.78, 5) is 12.7. The molecule has 0 aromatic heterocycles. The van der Waals surface area contributed by atoms with Crippen molar-refractivity contribution in [1.29, 1.82) is 0 Å². The van der Waals surface area contributed by atoms with Crippen LogP contribution in [0.1, 0.15) is 58.8 Å². The topological polar surface area (TPSA) is 17.1 Å². The summed E-state index contributed by atoms with van der Waals surface area (Å²) in [5.41, 5.74) is 2.82. The van der Waals surface area contributed by atoms with Gasteiger partial charge in [-0.15, -0.1) is 0 Å². The second kappa shape index (κ2) is 8.61. The molecular weight excluding hydrogens is 411 g/mol. The first-order valence-electron chi connectivity index (χ1n) is 8.62. The Labute approximate surface area is 157 Å². The molecule has 0 amide bonds. The number of carbonyl (C=O) groups excluding carboxylic acids is 1. The molecule has 0 radical (unpaired) electrons. The molecule has 1 aromatic rings. The van der Waals surface area contributed by atoms with Crippen molar-refractivity contribution in [1.82, 2.24) is 0 Å². The first-order valence-corrected chi connectivity index (χ1v) is 11.9. The van der Waals surface area contributed by atoms with Gasteiger partial charge in [0.2, 0.25) is 0 Å². The molecule has 1 nitrogen and oxygen atoms in total. The lowest BCUT2D eigenvalue weighted by Gasteiger charge is -2.43. The molecule has 0 fully saturated rings. The van der Waals surface area contributed by atoms with E-state index in [1.165, 1.54) is 3.20 Å². The molecule has 1 rings (SSSR count). The lowest BCUT2D eigenvalue weighted by atomic mass is 10.00. The number of halogens is 1. The molecule has 3 heteroatoms. The second-order valence-electron chi connectivity index (χ2n) is 7.43. The Kier molecular flexibility index (Phi) is 7.72. The number of Topliss-reactive ketones (excluding diaryl/α,β-unsaturated/α-hetero) is 1. The lowest BCUT2D eigenvalue weighted by molar-refractivity contribution is 0.0953. The summed E-state index contributed by atoms with van der Waals surface area (Å²) in [6.45, 7) is 16.2.